The van der Waals surface area contributed by atoms with E-state index in [1.807, 2.05) is 6.07 Å². The summed E-state index contributed by atoms with van der Waals surface area (Å²) in [4.78, 5) is 18.7. The Morgan fingerprint density at radius 2 is 1.80 bits per heavy atom. The van der Waals surface area contributed by atoms with Crippen molar-refractivity contribution in [1.29, 1.82) is 0 Å². The Labute approximate surface area is 206 Å². The number of ether oxygens (including phenoxy) is 1. The van der Waals surface area contributed by atoms with Crippen LogP contribution in [-0.2, 0) is 19.6 Å². The van der Waals surface area contributed by atoms with Crippen molar-refractivity contribution in [3.8, 4) is 0 Å². The van der Waals surface area contributed by atoms with Gasteiger partial charge in [0.05, 0.1) is 24.7 Å². The van der Waals surface area contributed by atoms with E-state index in [4.69, 9.17) is 4.74 Å². The summed E-state index contributed by atoms with van der Waals surface area (Å²) in [6, 6.07) is 15.6. The van der Waals surface area contributed by atoms with Crippen LogP contribution in [0.1, 0.15) is 30.0 Å². The molecule has 0 atom stereocenters. The molecule has 0 aliphatic carbocycles. The van der Waals surface area contributed by atoms with E-state index in [9.17, 15) is 13.2 Å². The van der Waals surface area contributed by atoms with Crippen LogP contribution in [0.5, 0.6) is 0 Å². The SMILES string of the molecule is Cc1ccc(NC(=O)CN2CCC(c3cc4ccccc4[nH]3)CC2)cc1S(=O)(=O)N1CCOCC1. The lowest BCUT2D eigenvalue weighted by Gasteiger charge is -2.31. The Balaban J connectivity index is 1.18. The van der Waals surface area contributed by atoms with Gasteiger partial charge in [-0.15, -0.1) is 0 Å². The van der Waals surface area contributed by atoms with Gasteiger partial charge in [-0.05, 0) is 68.1 Å². The fourth-order valence-electron chi connectivity index (χ4n) is 5.00. The monoisotopic (exact) mass is 496 g/mol. The number of hydrogen-bond acceptors (Lipinski definition) is 5. The molecule has 2 fully saturated rings. The molecule has 1 amide bonds. The zero-order valence-electron chi connectivity index (χ0n) is 20.0. The molecule has 8 nitrogen and oxygen atoms in total. The third-order valence-corrected chi connectivity index (χ3v) is 9.05. The van der Waals surface area contributed by atoms with Gasteiger partial charge < -0.3 is 15.0 Å². The zero-order chi connectivity index (χ0) is 24.4. The maximum absolute atomic E-state index is 13.1. The van der Waals surface area contributed by atoms with Crippen molar-refractivity contribution >= 4 is 32.5 Å². The maximum atomic E-state index is 13.1. The summed E-state index contributed by atoms with van der Waals surface area (Å²) in [6.45, 7) is 5.22. The fraction of sp³-hybridized carbons (Fsp3) is 0.423. The van der Waals surface area contributed by atoms with Crippen LogP contribution in [0.4, 0.5) is 5.69 Å². The van der Waals surface area contributed by atoms with Gasteiger partial charge in [0.25, 0.3) is 0 Å². The van der Waals surface area contributed by atoms with E-state index >= 15 is 0 Å². The number of piperidine rings is 1. The molecule has 9 heteroatoms. The first-order valence-electron chi connectivity index (χ1n) is 12.2. The summed E-state index contributed by atoms with van der Waals surface area (Å²) >= 11 is 0. The molecular weight excluding hydrogens is 464 g/mol. The second-order valence-electron chi connectivity index (χ2n) is 9.41. The molecule has 2 aliphatic rings. The molecule has 0 spiro atoms. The number of morpholine rings is 1. The molecule has 2 saturated heterocycles. The number of likely N-dealkylation sites (tertiary alicyclic amines) is 1. The lowest BCUT2D eigenvalue weighted by atomic mass is 9.93. The number of carbonyl (C=O) groups is 1. The van der Waals surface area contributed by atoms with Crippen LogP contribution in [0, 0.1) is 6.92 Å². The van der Waals surface area contributed by atoms with Gasteiger partial charge in [0.2, 0.25) is 15.9 Å². The molecule has 0 bridgehead atoms. The Morgan fingerprint density at radius 3 is 2.54 bits per heavy atom. The summed E-state index contributed by atoms with van der Waals surface area (Å²) in [5.74, 6) is 0.333. The van der Waals surface area contributed by atoms with E-state index < -0.39 is 10.0 Å². The van der Waals surface area contributed by atoms with E-state index in [-0.39, 0.29) is 10.8 Å². The van der Waals surface area contributed by atoms with Crippen molar-refractivity contribution in [1.82, 2.24) is 14.2 Å². The highest BCUT2D eigenvalue weighted by Crippen LogP contribution is 2.30. The topological polar surface area (TPSA) is 94.7 Å². The lowest BCUT2D eigenvalue weighted by molar-refractivity contribution is -0.117. The molecule has 2 N–H and O–H groups in total. The zero-order valence-corrected chi connectivity index (χ0v) is 20.8. The first-order valence-corrected chi connectivity index (χ1v) is 13.6. The van der Waals surface area contributed by atoms with Crippen molar-refractivity contribution in [2.45, 2.75) is 30.6 Å². The van der Waals surface area contributed by atoms with Gasteiger partial charge in [-0.1, -0.05) is 24.3 Å². The summed E-state index contributed by atoms with van der Waals surface area (Å²) in [6.07, 6.45) is 1.99. The third-order valence-electron chi connectivity index (χ3n) is 7.01. The van der Waals surface area contributed by atoms with Crippen LogP contribution in [0.25, 0.3) is 10.9 Å². The van der Waals surface area contributed by atoms with Crippen molar-refractivity contribution in [3.05, 3.63) is 59.8 Å². The molecule has 2 aromatic carbocycles. The predicted octanol–water partition coefficient (Wildman–Crippen LogP) is 3.32. The van der Waals surface area contributed by atoms with Gasteiger partial charge in [0, 0.05) is 35.9 Å². The number of aromatic nitrogens is 1. The summed E-state index contributed by atoms with van der Waals surface area (Å²) < 4.78 is 33.0. The summed E-state index contributed by atoms with van der Waals surface area (Å²) in [7, 11) is -3.63. The number of H-pyrrole nitrogens is 1. The minimum absolute atomic E-state index is 0.132. The van der Waals surface area contributed by atoms with Crippen LogP contribution >= 0.6 is 0 Å². The second-order valence-corrected chi connectivity index (χ2v) is 11.3. The molecule has 1 aromatic heterocycles. The molecule has 2 aliphatic heterocycles. The fourth-order valence-corrected chi connectivity index (χ4v) is 6.66. The number of sulfonamides is 1. The van der Waals surface area contributed by atoms with Crippen LogP contribution in [0.3, 0.4) is 0 Å². The predicted molar refractivity (Wildman–Crippen MR) is 136 cm³/mol. The minimum Gasteiger partial charge on any atom is -0.379 e. The number of para-hydroxylation sites is 1. The standard InChI is InChI=1S/C26H32N4O4S/c1-19-6-7-22(17-25(19)35(32,33)30-12-14-34-15-13-30)27-26(31)18-29-10-8-20(9-11-29)24-16-21-4-2-3-5-23(21)28-24/h2-7,16-17,20,28H,8-15,18H2,1H3,(H,27,31). The lowest BCUT2D eigenvalue weighted by Crippen LogP contribution is -2.41. The molecule has 3 aromatic rings. The van der Waals surface area contributed by atoms with Crippen molar-refractivity contribution < 1.29 is 17.9 Å². The van der Waals surface area contributed by atoms with Crippen LogP contribution < -0.4 is 5.32 Å². The average molecular weight is 497 g/mol. The van der Waals surface area contributed by atoms with E-state index in [1.165, 1.54) is 15.4 Å². The maximum Gasteiger partial charge on any atom is 0.243 e. The average Bonchev–Trinajstić information content (AvgIpc) is 3.30. The van der Waals surface area contributed by atoms with Gasteiger partial charge in [0.1, 0.15) is 0 Å². The minimum atomic E-state index is -3.63. The van der Waals surface area contributed by atoms with E-state index in [0.29, 0.717) is 50.0 Å². The first kappa shape index (κ1) is 24.0. The molecule has 0 unspecified atom stereocenters. The molecule has 0 radical (unpaired) electrons. The van der Waals surface area contributed by atoms with Gasteiger partial charge in [-0.25, -0.2) is 8.42 Å². The number of benzene rings is 2. The first-order chi connectivity index (χ1) is 16.9. The quantitative estimate of drug-likeness (QED) is 0.546. The highest BCUT2D eigenvalue weighted by atomic mass is 32.2. The largest absolute Gasteiger partial charge is 0.379 e. The third kappa shape index (κ3) is 5.28. The number of amides is 1. The van der Waals surface area contributed by atoms with Gasteiger partial charge in [-0.2, -0.15) is 4.31 Å². The number of aromatic amines is 1. The highest BCUT2D eigenvalue weighted by Gasteiger charge is 2.28. The van der Waals surface area contributed by atoms with Crippen LogP contribution in [0.2, 0.25) is 0 Å². The van der Waals surface area contributed by atoms with E-state index in [2.05, 4.69) is 39.5 Å². The molecule has 186 valence electrons. The van der Waals surface area contributed by atoms with E-state index in [1.54, 1.807) is 25.1 Å². The number of hydrogen-bond donors (Lipinski definition) is 2. The van der Waals surface area contributed by atoms with Crippen LogP contribution in [0.15, 0.2) is 53.4 Å². The second kappa shape index (κ2) is 10.1. The number of carbonyl (C=O) groups excluding carboxylic acids is 1. The smallest absolute Gasteiger partial charge is 0.243 e. The van der Waals surface area contributed by atoms with Gasteiger partial charge in [-0.3, -0.25) is 9.69 Å². The van der Waals surface area contributed by atoms with E-state index in [0.717, 1.165) is 31.4 Å². The highest BCUT2D eigenvalue weighted by molar-refractivity contribution is 7.89. The van der Waals surface area contributed by atoms with Crippen molar-refractivity contribution in [2.75, 3.05) is 51.3 Å². The number of nitrogens with zero attached hydrogens (tertiary/aromatic N) is 2. The Hall–Kier alpha value is -2.72. The number of nitrogens with one attached hydrogen (secondary N) is 2. The summed E-state index contributed by atoms with van der Waals surface area (Å²) in [5, 5.41) is 4.13. The number of fused-ring (bicyclic) bond motifs is 1. The molecule has 0 saturated carbocycles. The van der Waals surface area contributed by atoms with Crippen LogP contribution in [-0.4, -0.2) is 74.5 Å². The van der Waals surface area contributed by atoms with Crippen molar-refractivity contribution in [3.63, 3.8) is 0 Å². The summed E-state index contributed by atoms with van der Waals surface area (Å²) in [5.41, 5.74) is 3.59. The number of rotatable bonds is 6. The Bertz CT molecular complexity index is 1270. The van der Waals surface area contributed by atoms with Crippen molar-refractivity contribution in [2.24, 2.45) is 0 Å². The Kier molecular flexibility index (Phi) is 6.93. The van der Waals surface area contributed by atoms with Gasteiger partial charge >= 0.3 is 0 Å². The number of anilines is 1. The Morgan fingerprint density at radius 1 is 1.06 bits per heavy atom. The van der Waals surface area contributed by atoms with Gasteiger partial charge in [0.15, 0.2) is 0 Å². The molecular formula is C26H32N4O4S. The number of aryl methyl sites for hydroxylation is 1. The molecule has 35 heavy (non-hydrogen) atoms. The normalized spacial score (nSPS) is 18.7. The molecule has 3 heterocycles. The molecule has 5 rings (SSSR count).